The molecule has 0 fully saturated rings. The molecule has 0 spiro atoms. The van der Waals surface area contributed by atoms with Crippen LogP contribution in [0.25, 0.3) is 0 Å². The number of hydrogen-bond acceptors (Lipinski definition) is 5. The Balaban J connectivity index is 1.73. The number of nitrogens with zero attached hydrogens (tertiary/aromatic N) is 1. The van der Waals surface area contributed by atoms with Gasteiger partial charge in [0.1, 0.15) is 6.54 Å². The van der Waals surface area contributed by atoms with Gasteiger partial charge in [-0.3, -0.25) is 13.8 Å². The number of rotatable bonds is 8. The van der Waals surface area contributed by atoms with Crippen LogP contribution in [0.4, 0.5) is 17.1 Å². The minimum Gasteiger partial charge on any atom is -0.325 e. The fourth-order valence-electron chi connectivity index (χ4n) is 3.46. The number of aryl methyl sites for hydroxylation is 4. The Kier molecular flexibility index (Phi) is 7.56. The molecular weight excluding hydrogens is 486 g/mol. The first-order chi connectivity index (χ1) is 16.3. The van der Waals surface area contributed by atoms with Crippen LogP contribution in [-0.2, 0) is 24.8 Å². The maximum atomic E-state index is 12.8. The van der Waals surface area contributed by atoms with Crippen molar-refractivity contribution in [2.75, 3.05) is 27.1 Å². The largest absolute Gasteiger partial charge is 0.325 e. The Morgan fingerprint density at radius 3 is 2.03 bits per heavy atom. The van der Waals surface area contributed by atoms with E-state index in [2.05, 4.69) is 10.0 Å². The zero-order valence-corrected chi connectivity index (χ0v) is 21.9. The van der Waals surface area contributed by atoms with Crippen molar-refractivity contribution in [3.05, 3.63) is 82.9 Å². The maximum Gasteiger partial charge on any atom is 0.261 e. The van der Waals surface area contributed by atoms with E-state index in [1.807, 2.05) is 39.8 Å². The lowest BCUT2D eigenvalue weighted by atomic mass is 10.1. The van der Waals surface area contributed by atoms with Gasteiger partial charge < -0.3 is 5.32 Å². The summed E-state index contributed by atoms with van der Waals surface area (Å²) >= 11 is 0. The highest BCUT2D eigenvalue weighted by Crippen LogP contribution is 2.23. The fraction of sp³-hybridized carbons (Fsp3) is 0.240. The van der Waals surface area contributed by atoms with Crippen LogP contribution in [0.1, 0.15) is 22.3 Å². The molecule has 10 heteroatoms. The highest BCUT2D eigenvalue weighted by atomic mass is 32.2. The molecule has 186 valence electrons. The number of carbonyl (C=O) groups excluding carboxylic acids is 1. The summed E-state index contributed by atoms with van der Waals surface area (Å²) < 4.78 is 53.8. The first-order valence-electron chi connectivity index (χ1n) is 10.8. The van der Waals surface area contributed by atoms with Gasteiger partial charge >= 0.3 is 0 Å². The molecule has 0 atom stereocenters. The Morgan fingerprint density at radius 1 is 0.800 bits per heavy atom. The number of nitrogens with one attached hydrogen (secondary N) is 2. The highest BCUT2D eigenvalue weighted by molar-refractivity contribution is 7.92. The van der Waals surface area contributed by atoms with Gasteiger partial charge in [0, 0.05) is 5.69 Å². The van der Waals surface area contributed by atoms with Gasteiger partial charge in [0.05, 0.1) is 22.5 Å². The molecule has 0 aliphatic heterocycles. The van der Waals surface area contributed by atoms with Gasteiger partial charge in [0.25, 0.3) is 10.0 Å². The number of hydrogen-bond donors (Lipinski definition) is 2. The van der Waals surface area contributed by atoms with Crippen molar-refractivity contribution in [1.29, 1.82) is 0 Å². The van der Waals surface area contributed by atoms with Gasteiger partial charge in [-0.05, 0) is 86.8 Å². The van der Waals surface area contributed by atoms with Crippen molar-refractivity contribution >= 4 is 43.0 Å². The van der Waals surface area contributed by atoms with E-state index >= 15 is 0 Å². The molecule has 0 saturated carbocycles. The molecule has 0 aliphatic carbocycles. The molecule has 3 aromatic carbocycles. The first kappa shape index (κ1) is 26.2. The average Bonchev–Trinajstić information content (AvgIpc) is 2.76. The van der Waals surface area contributed by atoms with Gasteiger partial charge in [-0.15, -0.1) is 0 Å². The molecule has 3 aromatic rings. The van der Waals surface area contributed by atoms with Crippen LogP contribution in [0, 0.1) is 27.7 Å². The van der Waals surface area contributed by atoms with E-state index in [1.54, 1.807) is 24.3 Å². The van der Waals surface area contributed by atoms with E-state index in [4.69, 9.17) is 0 Å². The standard InChI is InChI=1S/C25H29N3O5S2/c1-17-6-13-24(20(4)14-17)27-35(32,33)23-11-8-21(9-12-23)26-25(29)16-28(34(5,30)31)22-10-7-18(2)19(3)15-22/h6-15,27H,16H2,1-5H3,(H,26,29). The summed E-state index contributed by atoms with van der Waals surface area (Å²) in [7, 11) is -7.54. The predicted molar refractivity (Wildman–Crippen MR) is 140 cm³/mol. The first-order valence-corrected chi connectivity index (χ1v) is 14.1. The fourth-order valence-corrected chi connectivity index (χ4v) is 5.44. The zero-order valence-electron chi connectivity index (χ0n) is 20.3. The number of anilines is 3. The van der Waals surface area contributed by atoms with Crippen LogP contribution >= 0.6 is 0 Å². The van der Waals surface area contributed by atoms with Crippen molar-refractivity contribution in [3.8, 4) is 0 Å². The summed E-state index contributed by atoms with van der Waals surface area (Å²) in [5, 5.41) is 2.62. The normalized spacial score (nSPS) is 11.7. The third kappa shape index (κ3) is 6.61. The van der Waals surface area contributed by atoms with Crippen molar-refractivity contribution in [1.82, 2.24) is 0 Å². The molecule has 1 amide bonds. The summed E-state index contributed by atoms with van der Waals surface area (Å²) in [5.74, 6) is -0.558. The van der Waals surface area contributed by atoms with E-state index in [0.29, 0.717) is 17.1 Å². The zero-order chi connectivity index (χ0) is 26.0. The Morgan fingerprint density at radius 2 is 1.46 bits per heavy atom. The molecular formula is C25H29N3O5S2. The summed E-state index contributed by atoms with van der Waals surface area (Å²) in [6, 6.07) is 16.2. The summed E-state index contributed by atoms with van der Waals surface area (Å²) in [5.41, 5.74) is 4.96. The van der Waals surface area contributed by atoms with Crippen molar-refractivity contribution in [2.45, 2.75) is 32.6 Å². The lowest BCUT2D eigenvalue weighted by Crippen LogP contribution is -2.37. The van der Waals surface area contributed by atoms with Gasteiger partial charge in [-0.2, -0.15) is 0 Å². The second kappa shape index (κ2) is 10.1. The van der Waals surface area contributed by atoms with Crippen molar-refractivity contribution in [2.24, 2.45) is 0 Å². The second-order valence-electron chi connectivity index (χ2n) is 8.53. The average molecular weight is 516 g/mol. The number of amides is 1. The molecule has 0 aliphatic rings. The van der Waals surface area contributed by atoms with Gasteiger partial charge in [0.2, 0.25) is 15.9 Å². The Labute approximate surface area is 207 Å². The molecule has 0 unspecified atom stereocenters. The van der Waals surface area contributed by atoms with E-state index in [1.165, 1.54) is 24.3 Å². The summed E-state index contributed by atoms with van der Waals surface area (Å²) in [6.07, 6.45) is 1.04. The quantitative estimate of drug-likeness (QED) is 0.469. The molecule has 0 heterocycles. The summed E-state index contributed by atoms with van der Waals surface area (Å²) in [6.45, 7) is 7.11. The third-order valence-electron chi connectivity index (χ3n) is 5.54. The van der Waals surface area contributed by atoms with Crippen LogP contribution in [-0.4, -0.2) is 35.5 Å². The van der Waals surface area contributed by atoms with Gasteiger partial charge in [-0.25, -0.2) is 16.8 Å². The SMILES string of the molecule is Cc1ccc(NS(=O)(=O)c2ccc(NC(=O)CN(c3ccc(C)c(C)c3)S(C)(=O)=O)cc2)c(C)c1. The van der Waals surface area contributed by atoms with Crippen LogP contribution in [0.15, 0.2) is 65.6 Å². The topological polar surface area (TPSA) is 113 Å². The van der Waals surface area contributed by atoms with Crippen molar-refractivity contribution in [3.63, 3.8) is 0 Å². The van der Waals surface area contributed by atoms with Crippen LogP contribution in [0.5, 0.6) is 0 Å². The van der Waals surface area contributed by atoms with Crippen molar-refractivity contribution < 1.29 is 21.6 Å². The smallest absolute Gasteiger partial charge is 0.261 e. The van der Waals surface area contributed by atoms with Gasteiger partial charge in [-0.1, -0.05) is 23.8 Å². The minimum atomic E-state index is -3.83. The highest BCUT2D eigenvalue weighted by Gasteiger charge is 2.22. The Hall–Kier alpha value is -3.37. The minimum absolute atomic E-state index is 0.0309. The monoisotopic (exact) mass is 515 g/mol. The van der Waals surface area contributed by atoms with E-state index < -0.39 is 32.5 Å². The van der Waals surface area contributed by atoms with E-state index in [9.17, 15) is 21.6 Å². The molecule has 0 bridgehead atoms. The van der Waals surface area contributed by atoms with Crippen LogP contribution in [0.3, 0.4) is 0 Å². The lowest BCUT2D eigenvalue weighted by molar-refractivity contribution is -0.114. The molecule has 3 rings (SSSR count). The molecule has 0 aromatic heterocycles. The molecule has 0 saturated heterocycles. The van der Waals surface area contributed by atoms with Gasteiger partial charge in [0.15, 0.2) is 0 Å². The Bertz CT molecular complexity index is 1470. The maximum absolute atomic E-state index is 12.8. The van der Waals surface area contributed by atoms with Crippen LogP contribution < -0.4 is 14.3 Å². The second-order valence-corrected chi connectivity index (χ2v) is 12.1. The predicted octanol–water partition coefficient (Wildman–Crippen LogP) is 4.13. The lowest BCUT2D eigenvalue weighted by Gasteiger charge is -2.22. The molecule has 2 N–H and O–H groups in total. The van der Waals surface area contributed by atoms with E-state index in [-0.39, 0.29) is 4.90 Å². The summed E-state index contributed by atoms with van der Waals surface area (Å²) in [4.78, 5) is 12.7. The van der Waals surface area contributed by atoms with E-state index in [0.717, 1.165) is 32.8 Å². The number of benzene rings is 3. The molecule has 0 radical (unpaired) electrons. The third-order valence-corrected chi connectivity index (χ3v) is 8.06. The van der Waals surface area contributed by atoms with Crippen LogP contribution in [0.2, 0.25) is 0 Å². The molecule has 35 heavy (non-hydrogen) atoms. The molecule has 8 nitrogen and oxygen atoms in total. The number of carbonyl (C=O) groups is 1. The number of sulfonamides is 2.